The minimum absolute atomic E-state index is 0.170. The molecule has 0 bridgehead atoms. The summed E-state index contributed by atoms with van der Waals surface area (Å²) < 4.78 is 9.84. The quantitative estimate of drug-likeness (QED) is 0.625. The van der Waals surface area contributed by atoms with Gasteiger partial charge in [-0.1, -0.05) is 23.4 Å². The number of para-hydroxylation sites is 1. The van der Waals surface area contributed by atoms with Gasteiger partial charge in [-0.15, -0.1) is 0 Å². The molecule has 1 fully saturated rings. The van der Waals surface area contributed by atoms with Crippen LogP contribution in [0, 0.1) is 12.8 Å². The van der Waals surface area contributed by atoms with Crippen LogP contribution in [-0.4, -0.2) is 41.8 Å². The molecule has 8 nitrogen and oxygen atoms in total. The summed E-state index contributed by atoms with van der Waals surface area (Å²) in [5.41, 5.74) is 1.36. The van der Waals surface area contributed by atoms with Crippen molar-refractivity contribution in [2.24, 2.45) is 5.92 Å². The SMILES string of the molecule is Cc1nonc1OCCNC(=O)C1CCN(c2ccccc2)C1=O. The number of ether oxygens (including phenoxy) is 1. The molecule has 2 heterocycles. The van der Waals surface area contributed by atoms with Crippen molar-refractivity contribution in [2.75, 3.05) is 24.6 Å². The van der Waals surface area contributed by atoms with E-state index in [4.69, 9.17) is 4.74 Å². The summed E-state index contributed by atoms with van der Waals surface area (Å²) >= 11 is 0. The molecule has 24 heavy (non-hydrogen) atoms. The molecule has 1 aliphatic heterocycles. The molecule has 2 amide bonds. The number of carbonyl (C=O) groups excluding carboxylic acids is 2. The van der Waals surface area contributed by atoms with Gasteiger partial charge in [0.15, 0.2) is 0 Å². The van der Waals surface area contributed by atoms with E-state index in [0.29, 0.717) is 24.5 Å². The van der Waals surface area contributed by atoms with Crippen LogP contribution in [0.25, 0.3) is 0 Å². The van der Waals surface area contributed by atoms with Crippen LogP contribution in [0.4, 0.5) is 5.69 Å². The zero-order chi connectivity index (χ0) is 16.9. The number of nitrogens with zero attached hydrogens (tertiary/aromatic N) is 3. The molecule has 1 N–H and O–H groups in total. The molecule has 1 unspecified atom stereocenters. The summed E-state index contributed by atoms with van der Waals surface area (Å²) in [5.74, 6) is -0.801. The lowest BCUT2D eigenvalue weighted by molar-refractivity contribution is -0.132. The van der Waals surface area contributed by atoms with Gasteiger partial charge in [0.2, 0.25) is 11.8 Å². The third-order valence-electron chi connectivity index (χ3n) is 3.84. The summed E-state index contributed by atoms with van der Waals surface area (Å²) in [6.07, 6.45) is 0.507. The zero-order valence-corrected chi connectivity index (χ0v) is 13.3. The number of nitrogens with one attached hydrogen (secondary N) is 1. The maximum Gasteiger partial charge on any atom is 0.278 e. The lowest BCUT2D eigenvalue weighted by Gasteiger charge is -2.16. The van der Waals surface area contributed by atoms with Crippen molar-refractivity contribution in [3.05, 3.63) is 36.0 Å². The molecule has 8 heteroatoms. The van der Waals surface area contributed by atoms with Crippen molar-refractivity contribution in [3.8, 4) is 5.88 Å². The van der Waals surface area contributed by atoms with E-state index in [0.717, 1.165) is 5.69 Å². The highest BCUT2D eigenvalue weighted by atomic mass is 16.6. The second-order valence-corrected chi connectivity index (χ2v) is 5.46. The van der Waals surface area contributed by atoms with E-state index in [2.05, 4.69) is 20.3 Å². The van der Waals surface area contributed by atoms with Crippen LogP contribution in [0.1, 0.15) is 12.1 Å². The van der Waals surface area contributed by atoms with Gasteiger partial charge in [-0.05, 0) is 30.6 Å². The number of carbonyl (C=O) groups is 2. The van der Waals surface area contributed by atoms with Crippen molar-refractivity contribution in [1.29, 1.82) is 0 Å². The van der Waals surface area contributed by atoms with Gasteiger partial charge in [-0.25, -0.2) is 4.63 Å². The third-order valence-corrected chi connectivity index (χ3v) is 3.84. The predicted octanol–water partition coefficient (Wildman–Crippen LogP) is 0.926. The Morgan fingerprint density at radius 1 is 1.38 bits per heavy atom. The Hall–Kier alpha value is -2.90. The smallest absolute Gasteiger partial charge is 0.278 e. The Morgan fingerprint density at radius 2 is 2.17 bits per heavy atom. The predicted molar refractivity (Wildman–Crippen MR) is 84.4 cm³/mol. The second-order valence-electron chi connectivity index (χ2n) is 5.46. The van der Waals surface area contributed by atoms with E-state index < -0.39 is 5.92 Å². The first-order valence-electron chi connectivity index (χ1n) is 7.73. The number of aromatic nitrogens is 2. The number of hydrogen-bond acceptors (Lipinski definition) is 6. The molecule has 0 aliphatic carbocycles. The van der Waals surface area contributed by atoms with Crippen molar-refractivity contribution in [1.82, 2.24) is 15.6 Å². The van der Waals surface area contributed by atoms with Gasteiger partial charge >= 0.3 is 0 Å². The maximum atomic E-state index is 12.4. The lowest BCUT2D eigenvalue weighted by Crippen LogP contribution is -2.38. The Bertz CT molecular complexity index is 716. The van der Waals surface area contributed by atoms with Crippen LogP contribution >= 0.6 is 0 Å². The van der Waals surface area contributed by atoms with Gasteiger partial charge in [-0.2, -0.15) is 0 Å². The van der Waals surface area contributed by atoms with Crippen molar-refractivity contribution in [2.45, 2.75) is 13.3 Å². The number of aryl methyl sites for hydroxylation is 1. The Labute approximate surface area is 138 Å². The van der Waals surface area contributed by atoms with Gasteiger partial charge in [0.05, 0.1) is 6.54 Å². The van der Waals surface area contributed by atoms with E-state index in [1.54, 1.807) is 11.8 Å². The molecule has 126 valence electrons. The number of hydrogen-bond donors (Lipinski definition) is 1. The van der Waals surface area contributed by atoms with Crippen molar-refractivity contribution in [3.63, 3.8) is 0 Å². The average molecular weight is 330 g/mol. The Morgan fingerprint density at radius 3 is 2.88 bits per heavy atom. The van der Waals surface area contributed by atoms with E-state index in [1.807, 2.05) is 30.3 Å². The van der Waals surface area contributed by atoms with Crippen LogP contribution in [0.3, 0.4) is 0 Å². The fourth-order valence-corrected chi connectivity index (χ4v) is 2.59. The van der Waals surface area contributed by atoms with Crippen LogP contribution in [-0.2, 0) is 9.59 Å². The molecule has 1 aromatic heterocycles. The molecule has 0 radical (unpaired) electrons. The molecule has 0 saturated carbocycles. The van der Waals surface area contributed by atoms with Crippen LogP contribution in [0.15, 0.2) is 35.0 Å². The standard InChI is InChI=1S/C16H18N4O4/c1-11-15(19-24-18-11)23-10-8-17-14(21)13-7-9-20(16(13)22)12-5-3-2-4-6-12/h2-6,13H,7-10H2,1H3,(H,17,21). The minimum atomic E-state index is -0.652. The van der Waals surface area contributed by atoms with Crippen molar-refractivity contribution >= 4 is 17.5 Å². The van der Waals surface area contributed by atoms with E-state index in [-0.39, 0.29) is 25.0 Å². The van der Waals surface area contributed by atoms with Crippen LogP contribution < -0.4 is 15.0 Å². The second kappa shape index (κ2) is 7.12. The van der Waals surface area contributed by atoms with Crippen molar-refractivity contribution < 1.29 is 19.0 Å². The highest BCUT2D eigenvalue weighted by molar-refractivity contribution is 6.09. The van der Waals surface area contributed by atoms with Crippen LogP contribution in [0.5, 0.6) is 5.88 Å². The molecule has 0 spiro atoms. The largest absolute Gasteiger partial charge is 0.472 e. The molecular formula is C16H18N4O4. The molecule has 3 rings (SSSR count). The average Bonchev–Trinajstić information content (AvgIpc) is 3.18. The number of rotatable bonds is 6. The fraction of sp³-hybridized carbons (Fsp3) is 0.375. The zero-order valence-electron chi connectivity index (χ0n) is 13.3. The molecule has 1 saturated heterocycles. The van der Waals surface area contributed by atoms with Gasteiger partial charge in [0.25, 0.3) is 5.88 Å². The maximum absolute atomic E-state index is 12.4. The first kappa shape index (κ1) is 16.0. The minimum Gasteiger partial charge on any atom is -0.472 e. The third kappa shape index (κ3) is 3.37. The molecule has 1 atom stereocenters. The Balaban J connectivity index is 1.47. The summed E-state index contributed by atoms with van der Waals surface area (Å²) in [6, 6.07) is 9.35. The Kier molecular flexibility index (Phi) is 4.74. The lowest BCUT2D eigenvalue weighted by atomic mass is 10.1. The highest BCUT2D eigenvalue weighted by Gasteiger charge is 2.37. The molecule has 2 aromatic rings. The van der Waals surface area contributed by atoms with Gasteiger partial charge in [-0.3, -0.25) is 9.59 Å². The van der Waals surface area contributed by atoms with Gasteiger partial charge < -0.3 is 15.0 Å². The van der Waals surface area contributed by atoms with E-state index >= 15 is 0 Å². The molecular weight excluding hydrogens is 312 g/mol. The first-order chi connectivity index (χ1) is 11.7. The fourth-order valence-electron chi connectivity index (χ4n) is 2.59. The monoisotopic (exact) mass is 330 g/mol. The summed E-state index contributed by atoms with van der Waals surface area (Å²) in [7, 11) is 0. The molecule has 1 aliphatic rings. The summed E-state index contributed by atoms with van der Waals surface area (Å²) in [6.45, 7) is 2.76. The van der Waals surface area contributed by atoms with Gasteiger partial charge in [0.1, 0.15) is 18.2 Å². The van der Waals surface area contributed by atoms with E-state index in [9.17, 15) is 9.59 Å². The highest BCUT2D eigenvalue weighted by Crippen LogP contribution is 2.24. The number of benzene rings is 1. The number of amides is 2. The van der Waals surface area contributed by atoms with Crippen LogP contribution in [0.2, 0.25) is 0 Å². The van der Waals surface area contributed by atoms with E-state index in [1.165, 1.54) is 0 Å². The topological polar surface area (TPSA) is 97.6 Å². The number of anilines is 1. The normalized spacial score (nSPS) is 17.1. The first-order valence-corrected chi connectivity index (χ1v) is 7.73. The summed E-state index contributed by atoms with van der Waals surface area (Å²) in [4.78, 5) is 26.3. The summed E-state index contributed by atoms with van der Waals surface area (Å²) in [5, 5.41) is 9.89. The molecule has 1 aromatic carbocycles. The van der Waals surface area contributed by atoms with Gasteiger partial charge in [0, 0.05) is 12.2 Å².